The third kappa shape index (κ3) is 4.61. The Labute approximate surface area is 179 Å². The molecule has 0 aliphatic carbocycles. The Morgan fingerprint density at radius 3 is 2.58 bits per heavy atom. The van der Waals surface area contributed by atoms with E-state index in [1.165, 1.54) is 24.9 Å². The van der Waals surface area contributed by atoms with Gasteiger partial charge in [0.2, 0.25) is 0 Å². The van der Waals surface area contributed by atoms with Crippen LogP contribution in [0.3, 0.4) is 0 Å². The van der Waals surface area contributed by atoms with Crippen LogP contribution in [-0.4, -0.2) is 53.1 Å². The fraction of sp³-hybridized carbons (Fsp3) is 0.550. The maximum absolute atomic E-state index is 12.7. The number of aromatic nitrogens is 2. The van der Waals surface area contributed by atoms with Crippen LogP contribution in [0.2, 0.25) is 0 Å². The molecule has 11 heteroatoms. The zero-order valence-electron chi connectivity index (χ0n) is 18.2. The number of nitro groups is 1. The van der Waals surface area contributed by atoms with Gasteiger partial charge in [-0.3, -0.25) is 15.0 Å². The van der Waals surface area contributed by atoms with Gasteiger partial charge in [-0.15, -0.1) is 0 Å². The summed E-state index contributed by atoms with van der Waals surface area (Å²) in [6.45, 7) is 5.67. The number of rotatable bonds is 4. The quantitative estimate of drug-likeness (QED) is 0.404. The number of benzene rings is 1. The number of esters is 1. The Balaban J connectivity index is 2.25. The summed E-state index contributed by atoms with van der Waals surface area (Å²) in [5.74, 6) is -0.675. The second-order valence-corrected chi connectivity index (χ2v) is 8.27. The number of amides is 1. The van der Waals surface area contributed by atoms with E-state index in [-0.39, 0.29) is 22.5 Å². The number of methoxy groups -OCH3 is 1. The number of fused-ring (bicyclic) bond motifs is 1. The highest BCUT2D eigenvalue weighted by Crippen LogP contribution is 2.38. The van der Waals surface area contributed by atoms with Gasteiger partial charge < -0.3 is 14.2 Å². The molecular formula is C20H26N4O7. The molecule has 1 amide bonds. The maximum atomic E-state index is 12.7. The average molecular weight is 434 g/mol. The number of ether oxygens (including phenoxy) is 3. The minimum atomic E-state index is -0.764. The monoisotopic (exact) mass is 434 g/mol. The molecule has 2 heterocycles. The van der Waals surface area contributed by atoms with E-state index in [2.05, 4.69) is 5.10 Å². The fourth-order valence-corrected chi connectivity index (χ4v) is 3.39. The van der Waals surface area contributed by atoms with Crippen LogP contribution in [-0.2, 0) is 14.2 Å². The predicted molar refractivity (Wildman–Crippen MR) is 111 cm³/mol. The Kier molecular flexibility index (Phi) is 6.16. The Morgan fingerprint density at radius 1 is 1.32 bits per heavy atom. The first-order valence-electron chi connectivity index (χ1n) is 9.90. The Bertz CT molecular complexity index is 1020. The number of carbonyl (C=O) groups is 2. The third-order valence-corrected chi connectivity index (χ3v) is 4.80. The van der Waals surface area contributed by atoms with Gasteiger partial charge in [-0.05, 0) is 46.1 Å². The van der Waals surface area contributed by atoms with E-state index >= 15 is 0 Å². The second kappa shape index (κ2) is 8.50. The van der Waals surface area contributed by atoms with E-state index in [9.17, 15) is 19.7 Å². The van der Waals surface area contributed by atoms with Crippen LogP contribution in [0.15, 0.2) is 12.1 Å². The molecule has 3 rings (SSSR count). The third-order valence-electron chi connectivity index (χ3n) is 4.80. The Hall–Kier alpha value is -3.21. The summed E-state index contributed by atoms with van der Waals surface area (Å²) in [7, 11) is 2.63. The summed E-state index contributed by atoms with van der Waals surface area (Å²) in [6, 6.07) is 2.58. The molecule has 168 valence electrons. The summed E-state index contributed by atoms with van der Waals surface area (Å²) in [5, 5.41) is 16.5. The van der Waals surface area contributed by atoms with Gasteiger partial charge in [0.05, 0.1) is 23.1 Å². The number of hydrogen-bond acceptors (Lipinski definition) is 8. The van der Waals surface area contributed by atoms with Crippen molar-refractivity contribution in [1.29, 1.82) is 0 Å². The molecule has 0 N–H and O–H groups in total. The SMILES string of the molecule is COC(=O)c1cc([N+](=O)[O-])c2c(N(C)C(=O)OC(C)(C)C)nn(C3CCCCO3)c2c1. The van der Waals surface area contributed by atoms with Gasteiger partial charge in [-0.25, -0.2) is 14.3 Å². The van der Waals surface area contributed by atoms with E-state index in [0.29, 0.717) is 18.5 Å². The number of nitro benzene ring substituents is 1. The van der Waals surface area contributed by atoms with Crippen molar-refractivity contribution in [3.8, 4) is 0 Å². The van der Waals surface area contributed by atoms with Crippen LogP contribution in [0.25, 0.3) is 10.9 Å². The minimum absolute atomic E-state index is 0.00475. The van der Waals surface area contributed by atoms with E-state index in [4.69, 9.17) is 14.2 Å². The zero-order chi connectivity index (χ0) is 22.9. The lowest BCUT2D eigenvalue weighted by Crippen LogP contribution is -2.34. The molecule has 0 radical (unpaired) electrons. The molecule has 0 bridgehead atoms. The fourth-order valence-electron chi connectivity index (χ4n) is 3.39. The van der Waals surface area contributed by atoms with Crippen molar-refractivity contribution in [1.82, 2.24) is 9.78 Å². The standard InChI is InChI=1S/C20H26N4O7/c1-20(2,3)31-19(26)22(4)17-16-13(23(21-17)15-8-6-7-9-30-15)10-12(18(25)29-5)11-14(16)24(27)28/h10-11,15H,6-9H2,1-5H3. The predicted octanol–water partition coefficient (Wildman–Crippen LogP) is 3.80. The van der Waals surface area contributed by atoms with Crippen molar-refractivity contribution in [2.45, 2.75) is 51.9 Å². The molecule has 1 aliphatic heterocycles. The minimum Gasteiger partial charge on any atom is -0.465 e. The second-order valence-electron chi connectivity index (χ2n) is 8.27. The molecule has 1 aromatic carbocycles. The van der Waals surface area contributed by atoms with Crippen molar-refractivity contribution >= 4 is 34.5 Å². The topological polar surface area (TPSA) is 126 Å². The molecule has 0 saturated carbocycles. The van der Waals surface area contributed by atoms with E-state index < -0.39 is 28.8 Å². The number of anilines is 1. The first kappa shape index (κ1) is 22.5. The highest BCUT2D eigenvalue weighted by atomic mass is 16.6. The van der Waals surface area contributed by atoms with Crippen molar-refractivity contribution < 1.29 is 28.7 Å². The maximum Gasteiger partial charge on any atom is 0.415 e. The smallest absolute Gasteiger partial charge is 0.415 e. The van der Waals surface area contributed by atoms with Crippen molar-refractivity contribution in [2.75, 3.05) is 25.7 Å². The molecule has 1 aliphatic rings. The molecule has 2 aromatic rings. The van der Waals surface area contributed by atoms with Gasteiger partial charge >= 0.3 is 12.1 Å². The van der Waals surface area contributed by atoms with E-state index in [1.54, 1.807) is 20.8 Å². The highest BCUT2D eigenvalue weighted by Gasteiger charge is 2.32. The van der Waals surface area contributed by atoms with Gasteiger partial charge in [-0.1, -0.05) is 0 Å². The van der Waals surface area contributed by atoms with Crippen LogP contribution in [0.1, 0.15) is 56.6 Å². The van der Waals surface area contributed by atoms with Crippen LogP contribution in [0, 0.1) is 10.1 Å². The van der Waals surface area contributed by atoms with Crippen LogP contribution >= 0.6 is 0 Å². The largest absolute Gasteiger partial charge is 0.465 e. The normalized spacial score (nSPS) is 16.7. The first-order chi connectivity index (χ1) is 14.5. The summed E-state index contributed by atoms with van der Waals surface area (Å²) in [6.07, 6.45) is 1.23. The molecule has 31 heavy (non-hydrogen) atoms. The average Bonchev–Trinajstić information content (AvgIpc) is 3.10. The molecular weight excluding hydrogens is 408 g/mol. The van der Waals surface area contributed by atoms with Crippen LogP contribution < -0.4 is 4.90 Å². The Morgan fingerprint density at radius 2 is 2.03 bits per heavy atom. The number of hydrogen-bond donors (Lipinski definition) is 0. The van der Waals surface area contributed by atoms with Crippen molar-refractivity contribution in [3.05, 3.63) is 27.8 Å². The molecule has 11 nitrogen and oxygen atoms in total. The van der Waals surface area contributed by atoms with E-state index in [1.807, 2.05) is 0 Å². The first-order valence-corrected chi connectivity index (χ1v) is 9.90. The van der Waals surface area contributed by atoms with Crippen molar-refractivity contribution in [3.63, 3.8) is 0 Å². The molecule has 1 unspecified atom stereocenters. The lowest BCUT2D eigenvalue weighted by atomic mass is 10.1. The number of carbonyl (C=O) groups excluding carboxylic acids is 2. The van der Waals surface area contributed by atoms with Crippen LogP contribution in [0.5, 0.6) is 0 Å². The molecule has 1 atom stereocenters. The number of non-ortho nitro benzene ring substituents is 1. The summed E-state index contributed by atoms with van der Waals surface area (Å²) < 4.78 is 17.4. The van der Waals surface area contributed by atoms with Gasteiger partial charge in [0.1, 0.15) is 11.0 Å². The highest BCUT2D eigenvalue weighted by molar-refractivity contribution is 6.06. The molecule has 0 spiro atoms. The van der Waals surface area contributed by atoms with E-state index in [0.717, 1.165) is 23.8 Å². The van der Waals surface area contributed by atoms with Gasteiger partial charge in [-0.2, -0.15) is 5.10 Å². The molecule has 1 fully saturated rings. The van der Waals surface area contributed by atoms with Gasteiger partial charge in [0.15, 0.2) is 12.0 Å². The summed E-state index contributed by atoms with van der Waals surface area (Å²) in [4.78, 5) is 37.2. The zero-order valence-corrected chi connectivity index (χ0v) is 18.2. The molecule has 1 aromatic heterocycles. The van der Waals surface area contributed by atoms with Gasteiger partial charge in [0, 0.05) is 19.7 Å². The summed E-state index contributed by atoms with van der Waals surface area (Å²) >= 11 is 0. The lowest BCUT2D eigenvalue weighted by Gasteiger charge is -2.24. The lowest BCUT2D eigenvalue weighted by molar-refractivity contribution is -0.383. The van der Waals surface area contributed by atoms with Crippen LogP contribution in [0.4, 0.5) is 16.3 Å². The number of nitrogens with zero attached hydrogens (tertiary/aromatic N) is 4. The van der Waals surface area contributed by atoms with Crippen molar-refractivity contribution in [2.24, 2.45) is 0 Å². The van der Waals surface area contributed by atoms with Gasteiger partial charge in [0.25, 0.3) is 5.69 Å². The summed E-state index contributed by atoms with van der Waals surface area (Å²) in [5.41, 5.74) is -0.831. The molecule has 1 saturated heterocycles.